The highest BCUT2D eigenvalue weighted by Gasteiger charge is 2.52. The molecule has 2 amide bonds. The molecule has 0 radical (unpaired) electrons. The van der Waals surface area contributed by atoms with Crippen molar-refractivity contribution in [3.8, 4) is 0 Å². The number of rotatable bonds is 8. The molecule has 200 valence electrons. The summed E-state index contributed by atoms with van der Waals surface area (Å²) in [6.07, 6.45) is 7.16. The number of fused-ring (bicyclic) bond motifs is 2. The van der Waals surface area contributed by atoms with Crippen molar-refractivity contribution < 1.29 is 14.0 Å². The van der Waals surface area contributed by atoms with Crippen LogP contribution >= 0.6 is 0 Å². The fourth-order valence-corrected chi connectivity index (χ4v) is 5.36. The zero-order valence-electron chi connectivity index (χ0n) is 22.1. The third-order valence-electron chi connectivity index (χ3n) is 7.52. The van der Waals surface area contributed by atoms with Crippen LogP contribution in [0, 0.1) is 5.82 Å². The quantitative estimate of drug-likeness (QED) is 0.490. The molecule has 0 atom stereocenters. The zero-order chi connectivity index (χ0) is 26.9. The second-order valence-corrected chi connectivity index (χ2v) is 10.4. The Morgan fingerprint density at radius 3 is 2.66 bits per heavy atom. The largest absolute Gasteiger partial charge is 0.387 e. The molecule has 0 unspecified atom stereocenters. The first-order chi connectivity index (χ1) is 18.3. The minimum Gasteiger partial charge on any atom is -0.387 e. The maximum Gasteiger partial charge on any atom is 0.250 e. The van der Waals surface area contributed by atoms with Gasteiger partial charge in [-0.2, -0.15) is 0 Å². The van der Waals surface area contributed by atoms with Crippen molar-refractivity contribution in [2.24, 2.45) is 10.7 Å². The number of amidine groups is 1. The number of amides is 2. The molecule has 3 heterocycles. The number of carbonyl (C=O) groups is 2. The predicted octanol–water partition coefficient (Wildman–Crippen LogP) is 3.96. The van der Waals surface area contributed by atoms with Crippen molar-refractivity contribution >= 4 is 35.1 Å². The van der Waals surface area contributed by atoms with Crippen LogP contribution in [0.25, 0.3) is 6.08 Å². The average Bonchev–Trinajstić information content (AvgIpc) is 3.73. The Morgan fingerprint density at radius 1 is 1.18 bits per heavy atom. The summed E-state index contributed by atoms with van der Waals surface area (Å²) in [7, 11) is 0. The lowest BCUT2D eigenvalue weighted by Crippen LogP contribution is -2.34. The van der Waals surface area contributed by atoms with Crippen molar-refractivity contribution in [2.75, 3.05) is 25.0 Å². The van der Waals surface area contributed by atoms with Crippen molar-refractivity contribution in [1.82, 2.24) is 15.2 Å². The van der Waals surface area contributed by atoms with E-state index >= 15 is 4.39 Å². The summed E-state index contributed by atoms with van der Waals surface area (Å²) in [5.74, 6) is -0.598. The molecule has 8 nitrogen and oxygen atoms in total. The average molecular weight is 519 g/mol. The molecule has 3 aliphatic rings. The van der Waals surface area contributed by atoms with E-state index in [-0.39, 0.29) is 29.6 Å². The van der Waals surface area contributed by atoms with Crippen molar-refractivity contribution in [3.05, 3.63) is 58.2 Å². The number of halogens is 1. The Kier molecular flexibility index (Phi) is 7.29. The highest BCUT2D eigenvalue weighted by atomic mass is 19.1. The van der Waals surface area contributed by atoms with Gasteiger partial charge in [-0.15, -0.1) is 0 Å². The summed E-state index contributed by atoms with van der Waals surface area (Å²) in [6, 6.07) is 5.10. The number of carbonyl (C=O) groups excluding carboxylic acids is 2. The van der Waals surface area contributed by atoms with Crippen LogP contribution in [0.5, 0.6) is 0 Å². The second-order valence-electron chi connectivity index (χ2n) is 10.4. The summed E-state index contributed by atoms with van der Waals surface area (Å²) in [6.45, 7) is 6.91. The van der Waals surface area contributed by atoms with E-state index in [2.05, 4.69) is 20.6 Å². The van der Waals surface area contributed by atoms with E-state index in [0.29, 0.717) is 48.4 Å². The van der Waals surface area contributed by atoms with Crippen LogP contribution in [-0.2, 0) is 28.0 Å². The number of aromatic nitrogens is 1. The first-order valence-electron chi connectivity index (χ1n) is 13.5. The van der Waals surface area contributed by atoms with Crippen molar-refractivity contribution in [3.63, 3.8) is 0 Å². The Labute approximate surface area is 222 Å². The number of hydrogen-bond acceptors (Lipinski definition) is 6. The molecule has 0 bridgehead atoms. The monoisotopic (exact) mass is 518 g/mol. The third kappa shape index (κ3) is 5.07. The first-order valence-corrected chi connectivity index (χ1v) is 13.5. The van der Waals surface area contributed by atoms with Crippen LogP contribution in [0.2, 0.25) is 0 Å². The van der Waals surface area contributed by atoms with E-state index in [0.717, 1.165) is 43.6 Å². The number of pyridine rings is 1. The van der Waals surface area contributed by atoms with Gasteiger partial charge in [0.1, 0.15) is 11.7 Å². The van der Waals surface area contributed by atoms with Gasteiger partial charge in [-0.3, -0.25) is 14.6 Å². The molecular weight excluding hydrogens is 483 g/mol. The summed E-state index contributed by atoms with van der Waals surface area (Å²) in [4.78, 5) is 37.4. The van der Waals surface area contributed by atoms with Crippen LogP contribution in [0.4, 0.5) is 15.8 Å². The maximum atomic E-state index is 15.6. The number of nitrogens with one attached hydrogen (secondary N) is 2. The van der Waals surface area contributed by atoms with E-state index in [1.165, 1.54) is 6.07 Å². The van der Waals surface area contributed by atoms with Gasteiger partial charge in [0.05, 0.1) is 23.0 Å². The molecule has 1 fully saturated rings. The third-order valence-corrected chi connectivity index (χ3v) is 7.52. The topological polar surface area (TPSA) is 113 Å². The van der Waals surface area contributed by atoms with Gasteiger partial charge in [-0.05, 0) is 61.1 Å². The fraction of sp³-hybridized carbons (Fsp3) is 0.448. The predicted molar refractivity (Wildman–Crippen MR) is 147 cm³/mol. The van der Waals surface area contributed by atoms with Gasteiger partial charge in [-0.25, -0.2) is 9.38 Å². The number of nitrogens with zero attached hydrogens (tertiary/aromatic N) is 3. The molecule has 4 N–H and O–H groups in total. The Morgan fingerprint density at radius 2 is 1.95 bits per heavy atom. The molecular formula is C29H35FN6O2. The first kappa shape index (κ1) is 26.0. The molecule has 2 aromatic rings. The van der Waals surface area contributed by atoms with Crippen LogP contribution in [0.3, 0.4) is 0 Å². The second kappa shape index (κ2) is 10.6. The Hall–Kier alpha value is -3.59. The summed E-state index contributed by atoms with van der Waals surface area (Å²) in [5.41, 5.74) is 9.69. The standard InChI is InChI=1S/C29H35FN6O2/c1-3-9-36(10-4-2)27(37)18-12-22-23(30)14-20(15-25(22)35-26(31)13-18)29(6-7-29)28(38)34-21-11-19-16-32-8-5-24(19)33-17-21/h11-12,14-15,17,32H,3-10,13,16H2,1-2H3,(H2,31,35)(H,34,38). The Balaban J connectivity index is 1.43. The number of benzene rings is 1. The summed E-state index contributed by atoms with van der Waals surface area (Å²) >= 11 is 0. The van der Waals surface area contributed by atoms with E-state index in [4.69, 9.17) is 5.73 Å². The van der Waals surface area contributed by atoms with E-state index in [9.17, 15) is 9.59 Å². The lowest BCUT2D eigenvalue weighted by molar-refractivity contribution is -0.127. The summed E-state index contributed by atoms with van der Waals surface area (Å²) < 4.78 is 15.6. The molecule has 1 aliphatic carbocycles. The van der Waals surface area contributed by atoms with Crippen LogP contribution < -0.4 is 16.4 Å². The molecule has 9 heteroatoms. The molecule has 0 spiro atoms. The Bertz CT molecular complexity index is 1320. The normalized spacial score (nSPS) is 17.3. The molecule has 38 heavy (non-hydrogen) atoms. The van der Waals surface area contributed by atoms with E-state index < -0.39 is 11.2 Å². The lowest BCUT2D eigenvalue weighted by atomic mass is 9.92. The van der Waals surface area contributed by atoms with Crippen LogP contribution in [0.15, 0.2) is 35.0 Å². The van der Waals surface area contributed by atoms with E-state index in [1.54, 1.807) is 23.2 Å². The van der Waals surface area contributed by atoms with Gasteiger partial charge in [0.15, 0.2) is 0 Å². The van der Waals surface area contributed by atoms with Crippen LogP contribution in [0.1, 0.15) is 68.3 Å². The smallest absolute Gasteiger partial charge is 0.250 e. The van der Waals surface area contributed by atoms with Gasteiger partial charge in [-0.1, -0.05) is 13.8 Å². The highest BCUT2D eigenvalue weighted by molar-refractivity contribution is 6.06. The van der Waals surface area contributed by atoms with Crippen LogP contribution in [-0.4, -0.2) is 47.2 Å². The molecule has 1 aromatic carbocycles. The van der Waals surface area contributed by atoms with Crippen molar-refractivity contribution in [2.45, 2.75) is 64.3 Å². The number of nitrogens with two attached hydrogens (primary N) is 1. The molecule has 1 aromatic heterocycles. The van der Waals surface area contributed by atoms with Gasteiger partial charge in [0, 0.05) is 55.9 Å². The minimum absolute atomic E-state index is 0.143. The SMILES string of the molecule is CCCN(CCC)C(=O)C1=Cc2c(F)cc(C3(C(=O)Nc4cnc5c(c4)CNCC5)CC3)cc2N=C(N)C1. The van der Waals surface area contributed by atoms with Crippen molar-refractivity contribution in [1.29, 1.82) is 0 Å². The maximum absolute atomic E-state index is 15.6. The molecule has 2 aliphatic heterocycles. The lowest BCUT2D eigenvalue weighted by Gasteiger charge is -2.22. The van der Waals surface area contributed by atoms with Gasteiger partial charge < -0.3 is 21.3 Å². The fourth-order valence-electron chi connectivity index (χ4n) is 5.36. The molecule has 1 saturated carbocycles. The van der Waals surface area contributed by atoms with Gasteiger partial charge in [0.25, 0.3) is 0 Å². The highest BCUT2D eigenvalue weighted by Crippen LogP contribution is 2.50. The molecule has 5 rings (SSSR count). The van der Waals surface area contributed by atoms with E-state index in [1.807, 2.05) is 19.9 Å². The van der Waals surface area contributed by atoms with Gasteiger partial charge >= 0.3 is 0 Å². The zero-order valence-corrected chi connectivity index (χ0v) is 22.1. The number of hydrogen-bond donors (Lipinski definition) is 3. The molecule has 0 saturated heterocycles. The summed E-state index contributed by atoms with van der Waals surface area (Å²) in [5, 5.41) is 6.31. The minimum atomic E-state index is -0.831. The number of aliphatic imine (C=N–C) groups is 1. The van der Waals surface area contributed by atoms with Gasteiger partial charge in [0.2, 0.25) is 11.8 Å². The number of anilines is 1.